The molecule has 3 aromatic rings. The molecule has 1 N–H and O–H groups in total. The van der Waals surface area contributed by atoms with Gasteiger partial charge >= 0.3 is 0 Å². The molecule has 1 heterocycles. The van der Waals surface area contributed by atoms with Crippen LogP contribution in [0.15, 0.2) is 54.7 Å². The molecule has 0 aliphatic heterocycles. The number of para-hydroxylation sites is 1. The van der Waals surface area contributed by atoms with E-state index in [0.717, 1.165) is 19.6 Å². The van der Waals surface area contributed by atoms with Gasteiger partial charge in [-0.2, -0.15) is 5.10 Å². The van der Waals surface area contributed by atoms with Crippen LogP contribution in [-0.4, -0.2) is 53.9 Å². The smallest absolute Gasteiger partial charge is 0.276 e. The van der Waals surface area contributed by atoms with E-state index in [0.29, 0.717) is 23.8 Å². The zero-order valence-corrected chi connectivity index (χ0v) is 18.0. The molecule has 1 amide bonds. The van der Waals surface area contributed by atoms with Gasteiger partial charge in [-0.05, 0) is 43.4 Å². The second kappa shape index (κ2) is 10.6. The summed E-state index contributed by atoms with van der Waals surface area (Å²) in [7, 11) is 1.57. The summed E-state index contributed by atoms with van der Waals surface area (Å²) in [4.78, 5) is 14.9. The van der Waals surface area contributed by atoms with Crippen LogP contribution in [0.5, 0.6) is 11.5 Å². The van der Waals surface area contributed by atoms with E-state index in [2.05, 4.69) is 29.2 Å². The first-order chi connectivity index (χ1) is 15.0. The van der Waals surface area contributed by atoms with E-state index in [1.165, 1.54) is 16.8 Å². The normalized spacial score (nSPS) is 10.9. The van der Waals surface area contributed by atoms with Crippen LogP contribution in [0.25, 0.3) is 5.69 Å². The summed E-state index contributed by atoms with van der Waals surface area (Å²) >= 11 is 0. The maximum absolute atomic E-state index is 14.0. The Morgan fingerprint density at radius 2 is 1.90 bits per heavy atom. The van der Waals surface area contributed by atoms with Gasteiger partial charge < -0.3 is 19.7 Å². The van der Waals surface area contributed by atoms with Crippen molar-refractivity contribution in [3.8, 4) is 17.2 Å². The van der Waals surface area contributed by atoms with Gasteiger partial charge in [0.2, 0.25) is 0 Å². The van der Waals surface area contributed by atoms with Crippen molar-refractivity contribution in [1.82, 2.24) is 14.7 Å². The Morgan fingerprint density at radius 3 is 2.61 bits per heavy atom. The fourth-order valence-corrected chi connectivity index (χ4v) is 3.10. The molecule has 0 aliphatic carbocycles. The molecule has 8 heteroatoms. The first-order valence-electron chi connectivity index (χ1n) is 10.2. The molecule has 31 heavy (non-hydrogen) atoms. The lowest BCUT2D eigenvalue weighted by Crippen LogP contribution is -2.28. The van der Waals surface area contributed by atoms with E-state index < -0.39 is 11.7 Å². The highest BCUT2D eigenvalue weighted by atomic mass is 19.1. The maximum atomic E-state index is 14.0. The predicted octanol–water partition coefficient (Wildman–Crippen LogP) is 3.99. The van der Waals surface area contributed by atoms with Crippen LogP contribution in [0.2, 0.25) is 0 Å². The third kappa shape index (κ3) is 5.61. The number of methoxy groups -OCH3 is 1. The van der Waals surface area contributed by atoms with Crippen LogP contribution < -0.4 is 14.8 Å². The third-order valence-electron chi connectivity index (χ3n) is 4.90. The van der Waals surface area contributed by atoms with Crippen LogP contribution in [0.3, 0.4) is 0 Å². The quantitative estimate of drug-likeness (QED) is 0.531. The standard InChI is InChI=1S/C23H27FN4O3/c1-4-27(5-2)14-15-31-22-16-17(10-11-21(22)30-3)25-23(29)19-12-13-28(26-19)20-9-7-6-8-18(20)24/h6-13,16H,4-5,14-15H2,1-3H3,(H,25,29). The number of aromatic nitrogens is 2. The number of carbonyl (C=O) groups excluding carboxylic acids is 1. The Morgan fingerprint density at radius 1 is 1.13 bits per heavy atom. The van der Waals surface area contributed by atoms with Crippen LogP contribution in [0, 0.1) is 5.82 Å². The molecule has 0 spiro atoms. The van der Waals surface area contributed by atoms with Crippen molar-refractivity contribution in [3.05, 3.63) is 66.2 Å². The van der Waals surface area contributed by atoms with Crippen molar-refractivity contribution >= 4 is 11.6 Å². The van der Waals surface area contributed by atoms with Crippen molar-refractivity contribution < 1.29 is 18.7 Å². The number of anilines is 1. The summed E-state index contributed by atoms with van der Waals surface area (Å²) in [5.41, 5.74) is 0.988. The third-order valence-corrected chi connectivity index (χ3v) is 4.90. The van der Waals surface area contributed by atoms with E-state index in [1.807, 2.05) is 0 Å². The van der Waals surface area contributed by atoms with Gasteiger partial charge in [0.05, 0.1) is 7.11 Å². The van der Waals surface area contributed by atoms with Gasteiger partial charge in [0.1, 0.15) is 18.1 Å². The van der Waals surface area contributed by atoms with Gasteiger partial charge in [0, 0.05) is 24.5 Å². The summed E-state index contributed by atoms with van der Waals surface area (Å²) in [5, 5.41) is 6.98. The molecule has 2 aromatic carbocycles. The molecular weight excluding hydrogens is 399 g/mol. The van der Waals surface area contributed by atoms with Gasteiger partial charge in [0.25, 0.3) is 5.91 Å². The van der Waals surface area contributed by atoms with Crippen molar-refractivity contribution in [1.29, 1.82) is 0 Å². The number of hydrogen-bond acceptors (Lipinski definition) is 5. The highest BCUT2D eigenvalue weighted by Gasteiger charge is 2.14. The number of carbonyl (C=O) groups is 1. The maximum Gasteiger partial charge on any atom is 0.276 e. The van der Waals surface area contributed by atoms with E-state index >= 15 is 0 Å². The molecule has 0 saturated carbocycles. The van der Waals surface area contributed by atoms with Gasteiger partial charge in [-0.3, -0.25) is 4.79 Å². The molecule has 0 bridgehead atoms. The lowest BCUT2D eigenvalue weighted by atomic mass is 10.2. The van der Waals surface area contributed by atoms with Gasteiger partial charge in [-0.1, -0.05) is 26.0 Å². The van der Waals surface area contributed by atoms with E-state index in [-0.39, 0.29) is 11.4 Å². The van der Waals surface area contributed by atoms with E-state index in [1.54, 1.807) is 49.7 Å². The number of amides is 1. The summed E-state index contributed by atoms with van der Waals surface area (Å²) in [6.45, 7) is 7.41. The summed E-state index contributed by atoms with van der Waals surface area (Å²) in [5.74, 6) is 0.305. The number of benzene rings is 2. The van der Waals surface area contributed by atoms with Gasteiger partial charge in [-0.15, -0.1) is 0 Å². The highest BCUT2D eigenvalue weighted by molar-refractivity contribution is 6.03. The van der Waals surface area contributed by atoms with Crippen molar-refractivity contribution in [2.24, 2.45) is 0 Å². The van der Waals surface area contributed by atoms with Crippen molar-refractivity contribution in [2.45, 2.75) is 13.8 Å². The topological polar surface area (TPSA) is 68.6 Å². The molecule has 3 rings (SSSR count). The Hall–Kier alpha value is -3.39. The summed E-state index contributed by atoms with van der Waals surface area (Å²) < 4.78 is 26.5. The highest BCUT2D eigenvalue weighted by Crippen LogP contribution is 2.30. The molecular formula is C23H27FN4O3. The summed E-state index contributed by atoms with van der Waals surface area (Å²) in [6.07, 6.45) is 1.54. The van der Waals surface area contributed by atoms with Crippen LogP contribution in [-0.2, 0) is 0 Å². The molecule has 7 nitrogen and oxygen atoms in total. The number of halogens is 1. The molecule has 0 aliphatic rings. The molecule has 0 radical (unpaired) electrons. The van der Waals surface area contributed by atoms with Crippen LogP contribution in [0.4, 0.5) is 10.1 Å². The number of nitrogens with one attached hydrogen (secondary N) is 1. The Labute approximate surface area is 181 Å². The number of ether oxygens (including phenoxy) is 2. The zero-order chi connectivity index (χ0) is 22.2. The second-order valence-electron chi connectivity index (χ2n) is 6.79. The molecule has 0 saturated heterocycles. The number of rotatable bonds is 10. The number of hydrogen-bond donors (Lipinski definition) is 1. The minimum Gasteiger partial charge on any atom is -0.493 e. The molecule has 1 aromatic heterocycles. The van der Waals surface area contributed by atoms with E-state index in [4.69, 9.17) is 9.47 Å². The van der Waals surface area contributed by atoms with Gasteiger partial charge in [0.15, 0.2) is 17.2 Å². The molecule has 0 atom stereocenters. The monoisotopic (exact) mass is 426 g/mol. The molecule has 164 valence electrons. The second-order valence-corrected chi connectivity index (χ2v) is 6.79. The van der Waals surface area contributed by atoms with Crippen LogP contribution in [0.1, 0.15) is 24.3 Å². The first-order valence-corrected chi connectivity index (χ1v) is 10.2. The largest absolute Gasteiger partial charge is 0.493 e. The Bertz CT molecular complexity index is 1020. The number of nitrogens with zero attached hydrogens (tertiary/aromatic N) is 3. The SMILES string of the molecule is CCN(CC)CCOc1cc(NC(=O)c2ccn(-c3ccccc3F)n2)ccc1OC. The predicted molar refractivity (Wildman–Crippen MR) is 118 cm³/mol. The van der Waals surface area contributed by atoms with Gasteiger partial charge in [-0.25, -0.2) is 9.07 Å². The fraction of sp³-hybridized carbons (Fsp3) is 0.304. The van der Waals surface area contributed by atoms with Crippen LogP contribution >= 0.6 is 0 Å². The summed E-state index contributed by atoms with van der Waals surface area (Å²) in [6, 6.07) is 13.0. The Balaban J connectivity index is 1.69. The molecule has 0 fully saturated rings. The average molecular weight is 426 g/mol. The Kier molecular flexibility index (Phi) is 7.61. The lowest BCUT2D eigenvalue weighted by molar-refractivity contribution is 0.102. The lowest BCUT2D eigenvalue weighted by Gasteiger charge is -2.19. The fourth-order valence-electron chi connectivity index (χ4n) is 3.10. The minimum atomic E-state index is -0.417. The number of likely N-dealkylation sites (N-methyl/N-ethyl adjacent to an activating group) is 1. The van der Waals surface area contributed by atoms with Crippen molar-refractivity contribution in [3.63, 3.8) is 0 Å². The van der Waals surface area contributed by atoms with Crippen molar-refractivity contribution in [2.75, 3.05) is 38.7 Å². The average Bonchev–Trinajstić information content (AvgIpc) is 3.27. The van der Waals surface area contributed by atoms with E-state index in [9.17, 15) is 9.18 Å². The minimum absolute atomic E-state index is 0.170. The molecule has 0 unspecified atom stereocenters. The zero-order valence-electron chi connectivity index (χ0n) is 18.0. The first kappa shape index (κ1) is 22.3.